The van der Waals surface area contributed by atoms with E-state index in [4.69, 9.17) is 10.2 Å². The van der Waals surface area contributed by atoms with Crippen LogP contribution in [0.3, 0.4) is 0 Å². The van der Waals surface area contributed by atoms with Gasteiger partial charge in [-0.15, -0.1) is 0 Å². The lowest BCUT2D eigenvalue weighted by atomic mass is 10.1. The second-order valence-corrected chi connectivity index (χ2v) is 3.58. The number of aliphatic hydroxyl groups is 2. The van der Waals surface area contributed by atoms with E-state index in [0.29, 0.717) is 6.07 Å². The molecule has 0 aromatic heterocycles. The summed E-state index contributed by atoms with van der Waals surface area (Å²) in [7, 11) is 0. The third kappa shape index (κ3) is 3.42. The molecule has 0 unspecified atom stereocenters. The van der Waals surface area contributed by atoms with Crippen molar-refractivity contribution in [2.24, 2.45) is 0 Å². The zero-order valence-corrected chi connectivity index (χ0v) is 9.47. The summed E-state index contributed by atoms with van der Waals surface area (Å²) in [6.45, 7) is -1.21. The van der Waals surface area contributed by atoms with Crippen LogP contribution in [-0.4, -0.2) is 40.3 Å². The van der Waals surface area contributed by atoms with E-state index in [1.54, 1.807) is 0 Å². The van der Waals surface area contributed by atoms with E-state index >= 15 is 0 Å². The molecule has 0 aliphatic rings. The van der Waals surface area contributed by atoms with E-state index in [1.165, 1.54) is 0 Å². The van der Waals surface area contributed by atoms with Gasteiger partial charge in [-0.05, 0) is 0 Å². The topological polar surface area (TPSA) is 113 Å². The molecule has 1 aromatic rings. The molecule has 0 aliphatic carbocycles. The zero-order valence-electron chi connectivity index (χ0n) is 9.47. The number of nitro benzene ring substituents is 1. The molecule has 0 heterocycles. The molecule has 3 N–H and O–H groups in total. The quantitative estimate of drug-likeness (QED) is 0.515. The molecule has 0 aliphatic heterocycles. The van der Waals surface area contributed by atoms with Crippen LogP contribution in [0.5, 0.6) is 0 Å². The van der Waals surface area contributed by atoms with E-state index in [0.717, 1.165) is 0 Å². The number of nitrogens with one attached hydrogen (secondary N) is 1. The first kappa shape index (κ1) is 14.9. The number of aliphatic hydroxyl groups excluding tert-OH is 2. The van der Waals surface area contributed by atoms with Crippen molar-refractivity contribution < 1.29 is 28.7 Å². The minimum absolute atomic E-state index is 0.222. The lowest BCUT2D eigenvalue weighted by Crippen LogP contribution is -2.40. The highest BCUT2D eigenvalue weighted by molar-refractivity contribution is 5.95. The van der Waals surface area contributed by atoms with Gasteiger partial charge >= 0.3 is 5.69 Å². The highest BCUT2D eigenvalue weighted by Crippen LogP contribution is 2.21. The molecule has 0 spiro atoms. The van der Waals surface area contributed by atoms with Gasteiger partial charge in [0.15, 0.2) is 0 Å². The third-order valence-corrected chi connectivity index (χ3v) is 2.25. The van der Waals surface area contributed by atoms with Gasteiger partial charge in [0, 0.05) is 12.1 Å². The average Bonchev–Trinajstić information content (AvgIpc) is 2.35. The van der Waals surface area contributed by atoms with Gasteiger partial charge in [0.25, 0.3) is 5.91 Å². The fourth-order valence-electron chi connectivity index (χ4n) is 1.26. The summed E-state index contributed by atoms with van der Waals surface area (Å²) in [4.78, 5) is 20.9. The Morgan fingerprint density at radius 3 is 2.37 bits per heavy atom. The van der Waals surface area contributed by atoms with Gasteiger partial charge in [-0.25, -0.2) is 4.39 Å². The van der Waals surface area contributed by atoms with E-state index in [2.05, 4.69) is 0 Å². The molecule has 0 saturated heterocycles. The van der Waals surface area contributed by atoms with Crippen LogP contribution in [0.1, 0.15) is 10.4 Å². The smallest absolute Gasteiger partial charge is 0.305 e. The second-order valence-electron chi connectivity index (χ2n) is 3.58. The van der Waals surface area contributed by atoms with Crippen LogP contribution >= 0.6 is 0 Å². The molecular formula is C10H10F2N2O5. The Hall–Kier alpha value is -2.13. The van der Waals surface area contributed by atoms with E-state index in [1.807, 2.05) is 5.32 Å². The van der Waals surface area contributed by atoms with Crippen molar-refractivity contribution in [3.05, 3.63) is 39.4 Å². The fraction of sp³-hybridized carbons (Fsp3) is 0.300. The normalized spacial score (nSPS) is 10.6. The summed E-state index contributed by atoms with van der Waals surface area (Å²) in [5.74, 6) is -3.79. The number of carbonyl (C=O) groups is 1. The van der Waals surface area contributed by atoms with Crippen LogP contribution in [0.15, 0.2) is 12.1 Å². The van der Waals surface area contributed by atoms with E-state index in [9.17, 15) is 23.7 Å². The molecule has 1 aromatic carbocycles. The lowest BCUT2D eigenvalue weighted by molar-refractivity contribution is -0.387. The van der Waals surface area contributed by atoms with Crippen molar-refractivity contribution in [2.45, 2.75) is 6.04 Å². The predicted octanol–water partition coefficient (Wildman–Crippen LogP) is -0.0440. The molecule has 1 amide bonds. The molecule has 0 radical (unpaired) electrons. The first-order chi connectivity index (χ1) is 8.90. The monoisotopic (exact) mass is 276 g/mol. The molecule has 9 heteroatoms. The van der Waals surface area contributed by atoms with Gasteiger partial charge in [-0.1, -0.05) is 0 Å². The standard InChI is InChI=1S/C10H10F2N2O5/c11-7-2-8(12)9(14(18)19)1-6(7)10(17)13-5(3-15)4-16/h1-2,5,15-16H,3-4H2,(H,13,17). The summed E-state index contributed by atoms with van der Waals surface area (Å²) < 4.78 is 26.4. The lowest BCUT2D eigenvalue weighted by Gasteiger charge is -2.13. The Balaban J connectivity index is 3.09. The Labute approximate surface area is 105 Å². The van der Waals surface area contributed by atoms with Crippen molar-refractivity contribution in [2.75, 3.05) is 13.2 Å². The van der Waals surface area contributed by atoms with Crippen LogP contribution in [0.4, 0.5) is 14.5 Å². The molecule has 0 saturated carbocycles. The maximum absolute atomic E-state index is 13.4. The molecule has 104 valence electrons. The van der Waals surface area contributed by atoms with Crippen molar-refractivity contribution in [3.8, 4) is 0 Å². The molecule has 1 rings (SSSR count). The SMILES string of the molecule is O=C(NC(CO)CO)c1cc([N+](=O)[O-])c(F)cc1F. The van der Waals surface area contributed by atoms with E-state index in [-0.39, 0.29) is 6.07 Å². The highest BCUT2D eigenvalue weighted by atomic mass is 19.1. The van der Waals surface area contributed by atoms with Crippen molar-refractivity contribution >= 4 is 11.6 Å². The van der Waals surface area contributed by atoms with Crippen LogP contribution in [0.25, 0.3) is 0 Å². The largest absolute Gasteiger partial charge is 0.394 e. The van der Waals surface area contributed by atoms with Gasteiger partial charge in [-0.2, -0.15) is 4.39 Å². The summed E-state index contributed by atoms with van der Waals surface area (Å²) in [5, 5.41) is 30.0. The molecule has 0 bridgehead atoms. The molecule has 0 fully saturated rings. The number of halogens is 2. The van der Waals surface area contributed by atoms with Crippen molar-refractivity contribution in [1.29, 1.82) is 0 Å². The molecular weight excluding hydrogens is 266 g/mol. The minimum Gasteiger partial charge on any atom is -0.394 e. The summed E-state index contributed by atoms with van der Waals surface area (Å²) in [5.41, 5.74) is -1.80. The summed E-state index contributed by atoms with van der Waals surface area (Å²) in [6, 6.07) is -0.373. The van der Waals surface area contributed by atoms with E-state index < -0.39 is 53.0 Å². The average molecular weight is 276 g/mol. The Bertz CT molecular complexity index is 505. The number of nitro groups is 1. The molecule has 0 atom stereocenters. The third-order valence-electron chi connectivity index (χ3n) is 2.25. The van der Waals surface area contributed by atoms with Crippen LogP contribution in [0.2, 0.25) is 0 Å². The molecule has 19 heavy (non-hydrogen) atoms. The van der Waals surface area contributed by atoms with Gasteiger partial charge in [0.05, 0.1) is 29.7 Å². The van der Waals surface area contributed by atoms with Gasteiger partial charge < -0.3 is 15.5 Å². The number of nitrogens with zero attached hydrogens (tertiary/aromatic N) is 1. The number of carbonyl (C=O) groups excluding carboxylic acids is 1. The van der Waals surface area contributed by atoms with Crippen molar-refractivity contribution in [1.82, 2.24) is 5.32 Å². The summed E-state index contributed by atoms with van der Waals surface area (Å²) >= 11 is 0. The maximum atomic E-state index is 13.4. The number of benzene rings is 1. The Kier molecular flexibility index (Phi) is 4.84. The zero-order chi connectivity index (χ0) is 14.6. The van der Waals surface area contributed by atoms with Crippen LogP contribution in [0, 0.1) is 21.7 Å². The first-order valence-corrected chi connectivity index (χ1v) is 5.06. The highest BCUT2D eigenvalue weighted by Gasteiger charge is 2.23. The summed E-state index contributed by atoms with van der Waals surface area (Å²) in [6.07, 6.45) is 0. The fourth-order valence-corrected chi connectivity index (χ4v) is 1.26. The predicted molar refractivity (Wildman–Crippen MR) is 58.4 cm³/mol. The Morgan fingerprint density at radius 2 is 1.89 bits per heavy atom. The maximum Gasteiger partial charge on any atom is 0.305 e. The number of hydrogen-bond acceptors (Lipinski definition) is 5. The second kappa shape index (κ2) is 6.16. The van der Waals surface area contributed by atoms with Crippen LogP contribution < -0.4 is 5.32 Å². The first-order valence-electron chi connectivity index (χ1n) is 5.06. The number of amides is 1. The number of hydrogen-bond donors (Lipinski definition) is 3. The van der Waals surface area contributed by atoms with Gasteiger partial charge in [-0.3, -0.25) is 14.9 Å². The Morgan fingerprint density at radius 1 is 1.32 bits per heavy atom. The number of rotatable bonds is 5. The van der Waals surface area contributed by atoms with Gasteiger partial charge in [0.1, 0.15) is 5.82 Å². The van der Waals surface area contributed by atoms with Crippen molar-refractivity contribution in [3.63, 3.8) is 0 Å². The molecule has 7 nitrogen and oxygen atoms in total. The van der Waals surface area contributed by atoms with Gasteiger partial charge in [0.2, 0.25) is 5.82 Å². The van der Waals surface area contributed by atoms with Crippen LogP contribution in [-0.2, 0) is 0 Å². The minimum atomic E-state index is -1.40.